The summed E-state index contributed by atoms with van der Waals surface area (Å²) >= 11 is 0. The average molecular weight is 269 g/mol. The van der Waals surface area contributed by atoms with Gasteiger partial charge in [-0.05, 0) is 37.0 Å². The van der Waals surface area contributed by atoms with Crippen LogP contribution in [0.2, 0.25) is 0 Å². The van der Waals surface area contributed by atoms with Crippen LogP contribution >= 0.6 is 0 Å². The molecular weight excluding hydrogens is 246 g/mol. The number of hydrogen-bond donors (Lipinski definition) is 1. The third-order valence-corrected chi connectivity index (χ3v) is 3.45. The highest BCUT2D eigenvalue weighted by Crippen LogP contribution is 2.27. The molecule has 0 amide bonds. The number of allylic oxidation sites excluding steroid dienone is 3. The van der Waals surface area contributed by atoms with Gasteiger partial charge in [0.05, 0.1) is 0 Å². The van der Waals surface area contributed by atoms with Crippen molar-refractivity contribution in [3.05, 3.63) is 53.8 Å². The van der Waals surface area contributed by atoms with Crippen molar-refractivity contribution in [2.45, 2.75) is 40.0 Å². The van der Waals surface area contributed by atoms with Gasteiger partial charge in [-0.2, -0.15) is 0 Å². The van der Waals surface area contributed by atoms with Crippen LogP contribution in [0, 0.1) is 5.41 Å². The summed E-state index contributed by atoms with van der Waals surface area (Å²) in [5, 5.41) is 3.40. The van der Waals surface area contributed by atoms with E-state index in [1.165, 1.54) is 12.0 Å². The third kappa shape index (κ3) is 3.83. The van der Waals surface area contributed by atoms with E-state index in [1.807, 2.05) is 51.1 Å². The number of anilines is 1. The first-order valence-corrected chi connectivity index (χ1v) is 7.24. The van der Waals surface area contributed by atoms with Gasteiger partial charge in [0, 0.05) is 22.9 Å². The molecular formula is C18H23NO. The van der Waals surface area contributed by atoms with Crippen LogP contribution in [0.4, 0.5) is 5.69 Å². The fourth-order valence-electron chi connectivity index (χ4n) is 2.15. The molecule has 0 saturated heterocycles. The molecule has 1 aliphatic carbocycles. The van der Waals surface area contributed by atoms with Crippen LogP contribution in [0.1, 0.15) is 40.0 Å². The van der Waals surface area contributed by atoms with E-state index in [4.69, 9.17) is 0 Å². The van der Waals surface area contributed by atoms with Gasteiger partial charge in [-0.25, -0.2) is 0 Å². The minimum absolute atomic E-state index is 0.156. The number of carbonyl (C=O) groups excluding carboxylic acids is 1. The maximum Gasteiger partial charge on any atom is 0.163 e. The summed E-state index contributed by atoms with van der Waals surface area (Å²) in [6, 6.07) is 10.0. The highest BCUT2D eigenvalue weighted by Gasteiger charge is 2.21. The van der Waals surface area contributed by atoms with Crippen molar-refractivity contribution in [1.82, 2.24) is 0 Å². The van der Waals surface area contributed by atoms with Crippen LogP contribution in [0.25, 0.3) is 0 Å². The van der Waals surface area contributed by atoms with Crippen molar-refractivity contribution in [2.24, 2.45) is 5.41 Å². The van der Waals surface area contributed by atoms with Crippen LogP contribution in [0.3, 0.4) is 0 Å². The molecule has 0 spiro atoms. The van der Waals surface area contributed by atoms with E-state index >= 15 is 0 Å². The Labute approximate surface area is 121 Å². The smallest absolute Gasteiger partial charge is 0.163 e. The summed E-state index contributed by atoms with van der Waals surface area (Å²) in [5.74, 6) is 0.156. The second kappa shape index (κ2) is 6.08. The first kappa shape index (κ1) is 14.6. The van der Waals surface area contributed by atoms with Gasteiger partial charge in [-0.15, -0.1) is 0 Å². The molecule has 20 heavy (non-hydrogen) atoms. The van der Waals surface area contributed by atoms with E-state index in [1.54, 1.807) is 6.08 Å². The second-order valence-electron chi connectivity index (χ2n) is 6.28. The summed E-state index contributed by atoms with van der Waals surface area (Å²) in [6.07, 6.45) is 7.32. The standard InChI is InChI=1S/C18H23NO/c1-18(2,3)17(20)13-16(14-9-7-8-10-14)19-15-11-5-4-6-12-15/h4-6,9,11-13,19H,7-8,10H2,1-3H3. The Hall–Kier alpha value is -1.83. The van der Waals surface area contributed by atoms with E-state index < -0.39 is 0 Å². The molecule has 0 heterocycles. The van der Waals surface area contributed by atoms with Crippen molar-refractivity contribution in [3.63, 3.8) is 0 Å². The van der Waals surface area contributed by atoms with E-state index in [2.05, 4.69) is 11.4 Å². The molecule has 0 bridgehead atoms. The van der Waals surface area contributed by atoms with Gasteiger partial charge < -0.3 is 5.32 Å². The van der Waals surface area contributed by atoms with Gasteiger partial charge in [-0.1, -0.05) is 45.0 Å². The van der Waals surface area contributed by atoms with Crippen LogP contribution < -0.4 is 5.32 Å². The van der Waals surface area contributed by atoms with Gasteiger partial charge in [0.2, 0.25) is 0 Å². The zero-order chi connectivity index (χ0) is 14.6. The molecule has 0 saturated carbocycles. The molecule has 1 aromatic rings. The second-order valence-corrected chi connectivity index (χ2v) is 6.28. The molecule has 0 unspecified atom stereocenters. The Morgan fingerprint density at radius 1 is 1.20 bits per heavy atom. The Balaban J connectivity index is 2.26. The average Bonchev–Trinajstić information content (AvgIpc) is 2.92. The Morgan fingerprint density at radius 2 is 1.90 bits per heavy atom. The normalized spacial score (nSPS) is 15.9. The largest absolute Gasteiger partial charge is 0.355 e. The predicted octanol–water partition coefficient (Wildman–Crippen LogP) is 4.71. The van der Waals surface area contributed by atoms with Gasteiger partial charge in [0.25, 0.3) is 0 Å². The first-order chi connectivity index (χ1) is 9.47. The minimum Gasteiger partial charge on any atom is -0.355 e. The number of para-hydroxylation sites is 1. The van der Waals surface area contributed by atoms with Crippen molar-refractivity contribution in [3.8, 4) is 0 Å². The highest BCUT2D eigenvalue weighted by molar-refractivity contribution is 5.95. The zero-order valence-corrected chi connectivity index (χ0v) is 12.6. The Kier molecular flexibility index (Phi) is 4.43. The van der Waals surface area contributed by atoms with Crippen molar-refractivity contribution >= 4 is 11.5 Å². The van der Waals surface area contributed by atoms with E-state index in [9.17, 15) is 4.79 Å². The number of nitrogens with one attached hydrogen (secondary N) is 1. The van der Waals surface area contributed by atoms with Crippen molar-refractivity contribution in [2.75, 3.05) is 5.32 Å². The third-order valence-electron chi connectivity index (χ3n) is 3.45. The fourth-order valence-corrected chi connectivity index (χ4v) is 2.15. The lowest BCUT2D eigenvalue weighted by atomic mass is 9.89. The van der Waals surface area contributed by atoms with E-state index in [-0.39, 0.29) is 11.2 Å². The van der Waals surface area contributed by atoms with Crippen LogP contribution in [0.5, 0.6) is 0 Å². The fraction of sp³-hybridized carbons (Fsp3) is 0.389. The lowest BCUT2D eigenvalue weighted by molar-refractivity contribution is -0.121. The molecule has 2 nitrogen and oxygen atoms in total. The van der Waals surface area contributed by atoms with Crippen LogP contribution in [-0.2, 0) is 4.79 Å². The van der Waals surface area contributed by atoms with E-state index in [0.717, 1.165) is 24.2 Å². The molecule has 106 valence electrons. The van der Waals surface area contributed by atoms with Crippen molar-refractivity contribution < 1.29 is 4.79 Å². The summed E-state index contributed by atoms with van der Waals surface area (Å²) in [6.45, 7) is 5.86. The summed E-state index contributed by atoms with van der Waals surface area (Å²) in [7, 11) is 0. The molecule has 0 fully saturated rings. The molecule has 1 aromatic carbocycles. The molecule has 0 radical (unpaired) electrons. The van der Waals surface area contributed by atoms with Crippen LogP contribution in [-0.4, -0.2) is 5.78 Å². The number of rotatable bonds is 4. The Bertz CT molecular complexity index is 532. The lowest BCUT2D eigenvalue weighted by Crippen LogP contribution is -2.19. The minimum atomic E-state index is -0.344. The van der Waals surface area contributed by atoms with Gasteiger partial charge in [0.1, 0.15) is 0 Å². The molecule has 1 N–H and O–H groups in total. The van der Waals surface area contributed by atoms with Crippen molar-refractivity contribution in [1.29, 1.82) is 0 Å². The molecule has 2 heteroatoms. The zero-order valence-electron chi connectivity index (χ0n) is 12.6. The monoisotopic (exact) mass is 269 g/mol. The van der Waals surface area contributed by atoms with Gasteiger partial charge in [0.15, 0.2) is 5.78 Å². The maximum absolute atomic E-state index is 12.3. The number of ketones is 1. The van der Waals surface area contributed by atoms with Crippen LogP contribution in [0.15, 0.2) is 53.8 Å². The van der Waals surface area contributed by atoms with E-state index in [0.29, 0.717) is 0 Å². The number of hydrogen-bond acceptors (Lipinski definition) is 2. The number of carbonyl (C=O) groups is 1. The molecule has 0 atom stereocenters. The number of benzene rings is 1. The topological polar surface area (TPSA) is 29.1 Å². The Morgan fingerprint density at radius 3 is 2.45 bits per heavy atom. The molecule has 2 rings (SSSR count). The van der Waals surface area contributed by atoms with Gasteiger partial charge >= 0.3 is 0 Å². The highest BCUT2D eigenvalue weighted by atomic mass is 16.1. The summed E-state index contributed by atoms with van der Waals surface area (Å²) < 4.78 is 0. The quantitative estimate of drug-likeness (QED) is 0.802. The molecule has 0 aliphatic heterocycles. The predicted molar refractivity (Wildman–Crippen MR) is 84.5 cm³/mol. The summed E-state index contributed by atoms with van der Waals surface area (Å²) in [5.41, 5.74) is 2.89. The van der Waals surface area contributed by atoms with Gasteiger partial charge in [-0.3, -0.25) is 4.79 Å². The SMILES string of the molecule is CC(C)(C)C(=O)C=C(Nc1ccccc1)C1=CCCC1. The maximum atomic E-state index is 12.3. The molecule has 1 aliphatic rings. The molecule has 0 aromatic heterocycles. The summed E-state index contributed by atoms with van der Waals surface area (Å²) in [4.78, 5) is 12.3. The lowest BCUT2D eigenvalue weighted by Gasteiger charge is -2.17. The first-order valence-electron chi connectivity index (χ1n) is 7.24.